The Labute approximate surface area is 121 Å². The van der Waals surface area contributed by atoms with Crippen molar-refractivity contribution in [1.29, 1.82) is 0 Å². The van der Waals surface area contributed by atoms with Crippen molar-refractivity contribution in [2.24, 2.45) is 5.10 Å². The average molecular weight is 287 g/mol. The molecule has 7 nitrogen and oxygen atoms in total. The largest absolute Gasteiger partial charge is 0.340 e. The Kier molecular flexibility index (Phi) is 4.95. The molecule has 1 heterocycles. The van der Waals surface area contributed by atoms with Gasteiger partial charge in [0, 0.05) is 23.1 Å². The van der Waals surface area contributed by atoms with Crippen LogP contribution in [-0.4, -0.2) is 23.6 Å². The van der Waals surface area contributed by atoms with E-state index in [0.717, 1.165) is 23.7 Å². The number of amides is 2. The van der Waals surface area contributed by atoms with E-state index in [-0.39, 0.29) is 6.03 Å². The molecule has 0 fully saturated rings. The summed E-state index contributed by atoms with van der Waals surface area (Å²) in [7, 11) is 0. The molecule has 0 spiro atoms. The third-order valence-corrected chi connectivity index (χ3v) is 2.92. The maximum Gasteiger partial charge on any atom is 0.319 e. The van der Waals surface area contributed by atoms with Crippen LogP contribution in [-0.2, 0) is 4.79 Å². The summed E-state index contributed by atoms with van der Waals surface area (Å²) in [6.07, 6.45) is 3.39. The first-order valence-electron chi connectivity index (χ1n) is 6.73. The molecule has 0 aliphatic rings. The number of hydrogen-bond acceptors (Lipinski definition) is 4. The molecule has 4 N–H and O–H groups in total. The number of carbonyl (C=O) groups is 1. The number of urea groups is 1. The lowest BCUT2D eigenvalue weighted by Crippen LogP contribution is -2.29. The van der Waals surface area contributed by atoms with Crippen molar-refractivity contribution in [1.82, 2.24) is 10.3 Å². The number of anilines is 2. The van der Waals surface area contributed by atoms with Gasteiger partial charge in [0.15, 0.2) is 0 Å². The summed E-state index contributed by atoms with van der Waals surface area (Å²) in [4.78, 5) is 24.8. The molecule has 0 saturated heterocycles. The number of aromatic nitrogens is 1. The van der Waals surface area contributed by atoms with Gasteiger partial charge in [0.25, 0.3) is 6.08 Å². The molecule has 110 valence electrons. The summed E-state index contributed by atoms with van der Waals surface area (Å²) >= 11 is 0. The molecule has 0 bridgehead atoms. The Balaban J connectivity index is 2.04. The van der Waals surface area contributed by atoms with E-state index in [1.807, 2.05) is 12.1 Å². The van der Waals surface area contributed by atoms with Gasteiger partial charge in [-0.2, -0.15) is 0 Å². The smallest absolute Gasteiger partial charge is 0.319 e. The Bertz CT molecular complexity index is 673. The molecule has 0 radical (unpaired) electrons. The number of fused-ring (bicyclic) bond motifs is 1. The number of unbranched alkanes of at least 4 members (excludes halogenated alkanes) is 1. The van der Waals surface area contributed by atoms with Crippen LogP contribution < -0.4 is 16.1 Å². The molecular formula is C14H17N5O2. The summed E-state index contributed by atoms with van der Waals surface area (Å²) < 4.78 is 0. The van der Waals surface area contributed by atoms with E-state index in [4.69, 9.17) is 0 Å². The van der Waals surface area contributed by atoms with Crippen molar-refractivity contribution < 1.29 is 9.59 Å². The zero-order valence-electron chi connectivity index (χ0n) is 11.7. The first-order chi connectivity index (χ1) is 10.2. The minimum Gasteiger partial charge on any atom is -0.340 e. The summed E-state index contributed by atoms with van der Waals surface area (Å²) in [6.45, 7) is 2.73. The predicted molar refractivity (Wildman–Crippen MR) is 82.0 cm³/mol. The van der Waals surface area contributed by atoms with Crippen LogP contribution in [0.1, 0.15) is 19.8 Å². The number of aromatic amines is 1. The van der Waals surface area contributed by atoms with Gasteiger partial charge >= 0.3 is 6.03 Å². The summed E-state index contributed by atoms with van der Waals surface area (Å²) in [5, 5.41) is 9.74. The first kappa shape index (κ1) is 14.6. The molecule has 0 unspecified atom stereocenters. The van der Waals surface area contributed by atoms with Gasteiger partial charge in [-0.15, -0.1) is 0 Å². The van der Waals surface area contributed by atoms with Crippen molar-refractivity contribution in [3.63, 3.8) is 0 Å². The fourth-order valence-corrected chi connectivity index (χ4v) is 1.91. The molecule has 1 aromatic carbocycles. The number of nitrogens with zero attached hydrogens (tertiary/aromatic N) is 1. The number of benzene rings is 1. The third kappa shape index (κ3) is 4.09. The summed E-state index contributed by atoms with van der Waals surface area (Å²) in [5.41, 5.74) is 4.09. The fourth-order valence-electron chi connectivity index (χ4n) is 1.91. The predicted octanol–water partition coefficient (Wildman–Crippen LogP) is 2.75. The first-order valence-corrected chi connectivity index (χ1v) is 6.73. The van der Waals surface area contributed by atoms with Crippen LogP contribution >= 0.6 is 0 Å². The van der Waals surface area contributed by atoms with Crippen LogP contribution in [0.4, 0.5) is 16.3 Å². The molecule has 0 aliphatic carbocycles. The molecule has 1 aromatic heterocycles. The molecular weight excluding hydrogens is 270 g/mol. The quantitative estimate of drug-likeness (QED) is 0.284. The Morgan fingerprint density at radius 3 is 3.00 bits per heavy atom. The van der Waals surface area contributed by atoms with E-state index in [0.29, 0.717) is 18.1 Å². The normalized spacial score (nSPS) is 9.95. The second-order valence-electron chi connectivity index (χ2n) is 4.53. The van der Waals surface area contributed by atoms with Gasteiger partial charge in [0.1, 0.15) is 5.82 Å². The maximum atomic E-state index is 11.7. The second-order valence-corrected chi connectivity index (χ2v) is 4.53. The lowest BCUT2D eigenvalue weighted by atomic mass is 10.2. The minimum absolute atomic E-state index is 0.220. The van der Waals surface area contributed by atoms with E-state index in [9.17, 15) is 9.59 Å². The Morgan fingerprint density at radius 1 is 1.38 bits per heavy atom. The van der Waals surface area contributed by atoms with E-state index in [2.05, 4.69) is 33.1 Å². The number of carbonyl (C=O) groups excluding carboxylic acids is 2. The van der Waals surface area contributed by atoms with Crippen molar-refractivity contribution >= 4 is 34.5 Å². The van der Waals surface area contributed by atoms with Gasteiger partial charge in [-0.3, -0.25) is 5.43 Å². The van der Waals surface area contributed by atoms with Crippen LogP contribution in [0.3, 0.4) is 0 Å². The van der Waals surface area contributed by atoms with Crippen LogP contribution in [0, 0.1) is 0 Å². The van der Waals surface area contributed by atoms with E-state index in [1.165, 1.54) is 6.08 Å². The molecule has 2 rings (SSSR count). The second kappa shape index (κ2) is 7.12. The van der Waals surface area contributed by atoms with Gasteiger partial charge in [-0.05, 0) is 30.7 Å². The van der Waals surface area contributed by atoms with Crippen LogP contribution in [0.5, 0.6) is 0 Å². The zero-order valence-corrected chi connectivity index (χ0v) is 11.7. The topological polar surface area (TPSA) is 98.4 Å². The molecule has 21 heavy (non-hydrogen) atoms. The number of hydrogen-bond donors (Lipinski definition) is 4. The lowest BCUT2D eigenvalue weighted by Gasteiger charge is -2.07. The lowest BCUT2D eigenvalue weighted by molar-refractivity contribution is 0.252. The highest BCUT2D eigenvalue weighted by Crippen LogP contribution is 2.22. The Morgan fingerprint density at radius 2 is 2.24 bits per heavy atom. The third-order valence-electron chi connectivity index (χ3n) is 2.92. The summed E-state index contributed by atoms with van der Waals surface area (Å²) in [5.74, 6) is 0.581. The van der Waals surface area contributed by atoms with Crippen LogP contribution in [0.25, 0.3) is 10.9 Å². The number of nitrogens with one attached hydrogen (secondary N) is 4. The maximum absolute atomic E-state index is 11.7. The van der Waals surface area contributed by atoms with Gasteiger partial charge in [-0.1, -0.05) is 18.4 Å². The standard InChI is InChI=1S/C14H17N5O2/c1-2-3-6-15-14(21)17-11-4-5-12-10(7-11)8-13(18-12)19-16-9-20/h4-5,7-8,18-19H,2-3,6H2,1H3,(H2,15,17,21). The van der Waals surface area contributed by atoms with Crippen LogP contribution in [0.2, 0.25) is 0 Å². The summed E-state index contributed by atoms with van der Waals surface area (Å²) in [6, 6.07) is 7.04. The SMILES string of the molecule is CCCCNC(=O)Nc1ccc2[nH]c(NN=C=O)cc2c1. The van der Waals surface area contributed by atoms with Crippen molar-refractivity contribution in [3.8, 4) is 0 Å². The number of H-pyrrole nitrogens is 1. The van der Waals surface area contributed by atoms with Crippen LogP contribution in [0.15, 0.2) is 29.4 Å². The molecule has 2 aromatic rings. The molecule has 7 heteroatoms. The van der Waals surface area contributed by atoms with Gasteiger partial charge in [-0.25, -0.2) is 9.59 Å². The van der Waals surface area contributed by atoms with Gasteiger partial charge < -0.3 is 15.6 Å². The number of hydrazone groups is 1. The highest BCUT2D eigenvalue weighted by Gasteiger charge is 2.04. The molecule has 2 amide bonds. The van der Waals surface area contributed by atoms with E-state index >= 15 is 0 Å². The van der Waals surface area contributed by atoms with E-state index < -0.39 is 0 Å². The van der Waals surface area contributed by atoms with Crippen molar-refractivity contribution in [2.45, 2.75) is 19.8 Å². The van der Waals surface area contributed by atoms with Gasteiger partial charge in [0.05, 0.1) is 0 Å². The molecule has 0 atom stereocenters. The molecule has 0 aliphatic heterocycles. The number of isocyanates is 1. The van der Waals surface area contributed by atoms with Gasteiger partial charge in [0.2, 0.25) is 0 Å². The minimum atomic E-state index is -0.220. The average Bonchev–Trinajstić information content (AvgIpc) is 2.87. The number of rotatable bonds is 6. The van der Waals surface area contributed by atoms with E-state index in [1.54, 1.807) is 12.1 Å². The monoisotopic (exact) mass is 287 g/mol. The zero-order chi connectivity index (χ0) is 15.1. The van der Waals surface area contributed by atoms with Crippen molar-refractivity contribution in [3.05, 3.63) is 24.3 Å². The highest BCUT2D eigenvalue weighted by atomic mass is 16.2. The Hall–Kier alpha value is -2.79. The fraction of sp³-hybridized carbons (Fsp3) is 0.286. The van der Waals surface area contributed by atoms with Crippen molar-refractivity contribution in [2.75, 3.05) is 17.3 Å². The highest BCUT2D eigenvalue weighted by molar-refractivity contribution is 5.93. The molecule has 0 saturated carbocycles.